The van der Waals surface area contributed by atoms with Gasteiger partial charge in [-0.1, -0.05) is 13.8 Å². The summed E-state index contributed by atoms with van der Waals surface area (Å²) in [4.78, 5) is 0. The number of hydrogen-bond acceptors (Lipinski definition) is 3. The van der Waals surface area contributed by atoms with E-state index >= 15 is 0 Å². The van der Waals surface area contributed by atoms with Crippen LogP contribution in [-0.4, -0.2) is 28.0 Å². The molecule has 4 nitrogen and oxygen atoms in total. The molecule has 0 amide bonds. The summed E-state index contributed by atoms with van der Waals surface area (Å²) in [5, 5.41) is 8.14. The lowest BCUT2D eigenvalue weighted by atomic mass is 9.74. The van der Waals surface area contributed by atoms with E-state index in [0.717, 1.165) is 31.7 Å². The molecule has 1 aromatic rings. The summed E-state index contributed by atoms with van der Waals surface area (Å²) >= 11 is 0. The topological polar surface area (TPSA) is 39.1 Å². The molecule has 1 N–H and O–H groups in total. The molecule has 1 spiro atoms. The molecule has 1 atom stereocenters. The minimum Gasteiger partial charge on any atom is -0.375 e. The van der Waals surface area contributed by atoms with Crippen LogP contribution in [0.1, 0.15) is 57.7 Å². The largest absolute Gasteiger partial charge is 0.375 e. The van der Waals surface area contributed by atoms with Gasteiger partial charge in [-0.25, -0.2) is 0 Å². The lowest BCUT2D eigenvalue weighted by Crippen LogP contribution is -2.46. The van der Waals surface area contributed by atoms with Gasteiger partial charge in [0.05, 0.1) is 17.3 Å². The van der Waals surface area contributed by atoms with Crippen LogP contribution in [0.4, 0.5) is 0 Å². The van der Waals surface area contributed by atoms with E-state index < -0.39 is 0 Å². The molecule has 0 radical (unpaired) electrons. The lowest BCUT2D eigenvalue weighted by molar-refractivity contribution is -0.141. The Morgan fingerprint density at radius 1 is 1.53 bits per heavy atom. The van der Waals surface area contributed by atoms with Gasteiger partial charge in [0.15, 0.2) is 0 Å². The molecule has 2 aliphatic rings. The summed E-state index contributed by atoms with van der Waals surface area (Å²) in [6.07, 6.45) is 8.19. The first kappa shape index (κ1) is 13.1. The zero-order valence-corrected chi connectivity index (χ0v) is 12.1. The normalized spacial score (nSPS) is 25.7. The van der Waals surface area contributed by atoms with E-state index in [4.69, 9.17) is 9.84 Å². The smallest absolute Gasteiger partial charge is 0.0762 e. The predicted octanol–water partition coefficient (Wildman–Crippen LogP) is 2.66. The summed E-state index contributed by atoms with van der Waals surface area (Å²) in [7, 11) is 0. The summed E-state index contributed by atoms with van der Waals surface area (Å²) in [5.74, 6) is 0. The molecule has 19 heavy (non-hydrogen) atoms. The van der Waals surface area contributed by atoms with E-state index in [1.165, 1.54) is 19.3 Å². The molecule has 1 aliphatic heterocycles. The molecule has 3 rings (SSSR count). The second-order valence-electron chi connectivity index (χ2n) is 6.35. The van der Waals surface area contributed by atoms with Crippen molar-refractivity contribution in [2.24, 2.45) is 0 Å². The van der Waals surface area contributed by atoms with Gasteiger partial charge in [-0.15, -0.1) is 0 Å². The zero-order valence-electron chi connectivity index (χ0n) is 12.1. The Morgan fingerprint density at radius 3 is 3.05 bits per heavy atom. The van der Waals surface area contributed by atoms with Crippen molar-refractivity contribution in [3.8, 4) is 0 Å². The maximum atomic E-state index is 5.99. The molecule has 1 saturated heterocycles. The molecule has 106 valence electrons. The van der Waals surface area contributed by atoms with Gasteiger partial charge in [0.25, 0.3) is 0 Å². The highest BCUT2D eigenvalue weighted by atomic mass is 16.5. The fourth-order valence-electron chi connectivity index (χ4n) is 3.13. The Kier molecular flexibility index (Phi) is 3.63. The first-order chi connectivity index (χ1) is 9.17. The van der Waals surface area contributed by atoms with Gasteiger partial charge in [0, 0.05) is 25.4 Å². The van der Waals surface area contributed by atoms with Crippen LogP contribution in [0, 0.1) is 0 Å². The third-order valence-electron chi connectivity index (χ3n) is 4.46. The van der Waals surface area contributed by atoms with Gasteiger partial charge in [0.2, 0.25) is 0 Å². The first-order valence-corrected chi connectivity index (χ1v) is 7.58. The first-order valence-electron chi connectivity index (χ1n) is 7.58. The molecule has 1 aromatic heterocycles. The summed E-state index contributed by atoms with van der Waals surface area (Å²) < 4.78 is 8.15. The van der Waals surface area contributed by atoms with Crippen molar-refractivity contribution in [1.82, 2.24) is 15.1 Å². The van der Waals surface area contributed by atoms with Crippen molar-refractivity contribution in [2.75, 3.05) is 6.61 Å². The molecule has 2 heterocycles. The number of aromatic nitrogens is 2. The van der Waals surface area contributed by atoms with Gasteiger partial charge in [-0.3, -0.25) is 4.68 Å². The van der Waals surface area contributed by atoms with Crippen molar-refractivity contribution < 1.29 is 4.74 Å². The van der Waals surface area contributed by atoms with Crippen molar-refractivity contribution in [3.05, 3.63) is 18.0 Å². The quantitative estimate of drug-likeness (QED) is 0.907. The van der Waals surface area contributed by atoms with Crippen LogP contribution in [0.2, 0.25) is 0 Å². The van der Waals surface area contributed by atoms with Crippen molar-refractivity contribution in [1.29, 1.82) is 0 Å². The van der Waals surface area contributed by atoms with E-state index in [9.17, 15) is 0 Å². The van der Waals surface area contributed by atoms with Crippen LogP contribution in [0.15, 0.2) is 12.3 Å². The third kappa shape index (κ3) is 2.84. The number of rotatable bonds is 4. The second kappa shape index (κ2) is 5.25. The van der Waals surface area contributed by atoms with E-state index in [0.29, 0.717) is 12.1 Å². The van der Waals surface area contributed by atoms with Crippen LogP contribution in [0.5, 0.6) is 0 Å². The van der Waals surface area contributed by atoms with Crippen molar-refractivity contribution in [3.63, 3.8) is 0 Å². The zero-order chi connectivity index (χ0) is 13.3. The summed E-state index contributed by atoms with van der Waals surface area (Å²) in [5.41, 5.74) is 1.34. The number of hydrogen-bond donors (Lipinski definition) is 1. The SMILES string of the molecule is CC(C)NCc1ccn(C2CCOC3(CCC3)C2)n1. The average molecular weight is 263 g/mol. The van der Waals surface area contributed by atoms with Crippen LogP contribution < -0.4 is 5.32 Å². The highest BCUT2D eigenvalue weighted by Gasteiger charge is 2.43. The van der Waals surface area contributed by atoms with Gasteiger partial charge < -0.3 is 10.1 Å². The summed E-state index contributed by atoms with van der Waals surface area (Å²) in [6.45, 7) is 6.08. The number of ether oxygens (including phenoxy) is 1. The van der Waals surface area contributed by atoms with Gasteiger partial charge in [-0.05, 0) is 38.2 Å². The van der Waals surface area contributed by atoms with E-state index in [2.05, 4.69) is 36.1 Å². The third-order valence-corrected chi connectivity index (χ3v) is 4.46. The van der Waals surface area contributed by atoms with Gasteiger partial charge >= 0.3 is 0 Å². The average Bonchev–Trinajstić information content (AvgIpc) is 2.83. The lowest BCUT2D eigenvalue weighted by Gasteiger charge is -2.47. The molecule has 0 aromatic carbocycles. The van der Waals surface area contributed by atoms with Gasteiger partial charge in [-0.2, -0.15) is 5.10 Å². The monoisotopic (exact) mass is 263 g/mol. The Bertz CT molecular complexity index is 423. The van der Waals surface area contributed by atoms with E-state index in [1.807, 2.05) is 0 Å². The Labute approximate surface area is 115 Å². The Balaban J connectivity index is 1.62. The molecule has 4 heteroatoms. The maximum absolute atomic E-state index is 5.99. The standard InChI is InChI=1S/C15H25N3O/c1-12(2)16-11-13-4-8-18(17-13)14-5-9-19-15(10-14)6-3-7-15/h4,8,12,14,16H,3,5-7,9-11H2,1-2H3. The molecule has 1 unspecified atom stereocenters. The molecule has 0 bridgehead atoms. The Hall–Kier alpha value is -0.870. The number of nitrogens with one attached hydrogen (secondary N) is 1. The van der Waals surface area contributed by atoms with Crippen LogP contribution in [-0.2, 0) is 11.3 Å². The highest BCUT2D eigenvalue weighted by molar-refractivity contribution is 5.02. The second-order valence-corrected chi connectivity index (χ2v) is 6.35. The number of nitrogens with zero attached hydrogens (tertiary/aromatic N) is 2. The molecule has 2 fully saturated rings. The van der Waals surface area contributed by atoms with Crippen LogP contribution in [0.3, 0.4) is 0 Å². The minimum atomic E-state index is 0.200. The van der Waals surface area contributed by atoms with Crippen molar-refractivity contribution >= 4 is 0 Å². The fourth-order valence-corrected chi connectivity index (χ4v) is 3.13. The van der Waals surface area contributed by atoms with Gasteiger partial charge in [0.1, 0.15) is 0 Å². The Morgan fingerprint density at radius 2 is 2.37 bits per heavy atom. The highest BCUT2D eigenvalue weighted by Crippen LogP contribution is 2.45. The minimum absolute atomic E-state index is 0.200. The van der Waals surface area contributed by atoms with Crippen molar-refractivity contribution in [2.45, 2.75) is 70.2 Å². The molecular weight excluding hydrogens is 238 g/mol. The predicted molar refractivity (Wildman–Crippen MR) is 75.0 cm³/mol. The summed E-state index contributed by atoms with van der Waals surface area (Å²) in [6, 6.07) is 3.17. The molecule has 1 saturated carbocycles. The van der Waals surface area contributed by atoms with E-state index in [-0.39, 0.29) is 5.60 Å². The van der Waals surface area contributed by atoms with Crippen LogP contribution >= 0.6 is 0 Å². The molecule has 1 aliphatic carbocycles. The van der Waals surface area contributed by atoms with E-state index in [1.54, 1.807) is 0 Å². The molecular formula is C15H25N3O. The van der Waals surface area contributed by atoms with Crippen LogP contribution in [0.25, 0.3) is 0 Å². The maximum Gasteiger partial charge on any atom is 0.0762 e. The fraction of sp³-hybridized carbons (Fsp3) is 0.800.